The van der Waals surface area contributed by atoms with E-state index in [1.54, 1.807) is 22.4 Å². The Morgan fingerprint density at radius 2 is 1.70 bits per heavy atom. The number of anilines is 1. The van der Waals surface area contributed by atoms with E-state index in [2.05, 4.69) is 5.32 Å². The molecule has 0 saturated carbocycles. The van der Waals surface area contributed by atoms with Crippen LogP contribution in [-0.4, -0.2) is 66.0 Å². The highest BCUT2D eigenvalue weighted by atomic mass is 35.5. The van der Waals surface area contributed by atoms with Gasteiger partial charge in [-0.2, -0.15) is 26.3 Å². The first-order valence-corrected chi connectivity index (χ1v) is 12.0. The molecule has 1 aliphatic heterocycles. The van der Waals surface area contributed by atoms with Crippen LogP contribution >= 0.6 is 22.9 Å². The lowest BCUT2D eigenvalue weighted by Gasteiger charge is -2.36. The zero-order valence-electron chi connectivity index (χ0n) is 19.2. The zero-order valence-corrected chi connectivity index (χ0v) is 20.8. The second-order valence-electron chi connectivity index (χ2n) is 7.64. The number of piperazine rings is 1. The molecule has 15 heteroatoms. The lowest BCUT2D eigenvalue weighted by atomic mass is 10.0. The summed E-state index contributed by atoms with van der Waals surface area (Å²) >= 11 is 7.10. The summed E-state index contributed by atoms with van der Waals surface area (Å²) in [6, 6.07) is 5.96. The second kappa shape index (κ2) is 12.6. The number of benzene rings is 1. The van der Waals surface area contributed by atoms with Crippen LogP contribution in [-0.2, 0) is 20.6 Å². The highest BCUT2D eigenvalue weighted by molar-refractivity contribution is 7.10. The van der Waals surface area contributed by atoms with E-state index in [-0.39, 0.29) is 17.2 Å². The number of rotatable bonds is 5. The SMILES string of the molecule is Cc1c(N(C(=O)CCl)C(C(=O)N2CCNCC2)c2cccs2)cccc1C(F)(F)F.O=C(O)C(F)(F)F. The molecule has 7 nitrogen and oxygen atoms in total. The molecular weight excluding hydrogens is 552 g/mol. The minimum absolute atomic E-state index is 0.0253. The van der Waals surface area contributed by atoms with Crippen molar-refractivity contribution in [2.24, 2.45) is 0 Å². The molecule has 1 unspecified atom stereocenters. The van der Waals surface area contributed by atoms with Crippen molar-refractivity contribution in [2.45, 2.75) is 25.3 Å². The number of alkyl halides is 7. The summed E-state index contributed by atoms with van der Waals surface area (Å²) < 4.78 is 72.2. The maximum absolute atomic E-state index is 13.5. The van der Waals surface area contributed by atoms with Gasteiger partial charge in [-0.1, -0.05) is 12.1 Å². The van der Waals surface area contributed by atoms with Crippen molar-refractivity contribution in [2.75, 3.05) is 37.0 Å². The number of carbonyl (C=O) groups is 3. The fraction of sp³-hybridized carbons (Fsp3) is 0.409. The topological polar surface area (TPSA) is 90.0 Å². The van der Waals surface area contributed by atoms with Crippen LogP contribution in [0.2, 0.25) is 0 Å². The van der Waals surface area contributed by atoms with E-state index in [9.17, 15) is 35.9 Å². The zero-order chi connectivity index (χ0) is 28.0. The summed E-state index contributed by atoms with van der Waals surface area (Å²) in [6.45, 7) is 3.41. The van der Waals surface area contributed by atoms with E-state index in [4.69, 9.17) is 21.5 Å². The Labute approximate surface area is 216 Å². The Morgan fingerprint density at radius 1 is 1.11 bits per heavy atom. The van der Waals surface area contributed by atoms with E-state index in [1.807, 2.05) is 0 Å². The Balaban J connectivity index is 0.000000604. The number of hydrogen-bond acceptors (Lipinski definition) is 5. The molecule has 1 saturated heterocycles. The van der Waals surface area contributed by atoms with Gasteiger partial charge >= 0.3 is 18.3 Å². The second-order valence-corrected chi connectivity index (χ2v) is 8.89. The molecular formula is C22H22ClF6N3O4S. The van der Waals surface area contributed by atoms with Gasteiger partial charge in [-0.05, 0) is 36.1 Å². The van der Waals surface area contributed by atoms with Gasteiger partial charge in [0.25, 0.3) is 5.91 Å². The third-order valence-corrected chi connectivity index (χ3v) is 6.38. The molecule has 2 N–H and O–H groups in total. The summed E-state index contributed by atoms with van der Waals surface area (Å²) in [5, 5.41) is 12.0. The van der Waals surface area contributed by atoms with E-state index < -0.39 is 41.7 Å². The summed E-state index contributed by atoms with van der Waals surface area (Å²) in [6.07, 6.45) is -9.67. The molecule has 1 aliphatic rings. The molecule has 1 aromatic carbocycles. The number of carboxylic acids is 1. The minimum atomic E-state index is -5.08. The number of hydrogen-bond donors (Lipinski definition) is 2. The van der Waals surface area contributed by atoms with Gasteiger partial charge in [-0.15, -0.1) is 22.9 Å². The van der Waals surface area contributed by atoms with Crippen molar-refractivity contribution in [1.29, 1.82) is 0 Å². The predicted octanol–water partition coefficient (Wildman–Crippen LogP) is 4.45. The summed E-state index contributed by atoms with van der Waals surface area (Å²) in [7, 11) is 0. The molecule has 1 aromatic heterocycles. The molecule has 1 atom stereocenters. The monoisotopic (exact) mass is 573 g/mol. The van der Waals surface area contributed by atoms with Gasteiger partial charge < -0.3 is 15.3 Å². The van der Waals surface area contributed by atoms with Crippen LogP contribution in [0.15, 0.2) is 35.7 Å². The summed E-state index contributed by atoms with van der Waals surface area (Å²) in [5.74, 6) is -4.20. The smallest absolute Gasteiger partial charge is 0.475 e. The number of carboxylic acid groups (broad SMARTS) is 1. The number of thiophene rings is 1. The van der Waals surface area contributed by atoms with Crippen LogP contribution in [0, 0.1) is 6.92 Å². The van der Waals surface area contributed by atoms with E-state index in [1.165, 1.54) is 30.4 Å². The highest BCUT2D eigenvalue weighted by Crippen LogP contribution is 2.39. The molecule has 37 heavy (non-hydrogen) atoms. The standard InChI is InChI=1S/C20H21ClF3N3O2S.C2HF3O2/c1-13-14(20(22,23)24)4-2-5-15(13)27(17(28)12-21)18(16-6-3-11-30-16)19(29)26-9-7-25-8-10-26;3-2(4,5)1(6)7/h2-6,11,18,25H,7-10,12H2,1H3;(H,6,7). The van der Waals surface area contributed by atoms with Gasteiger partial charge in [0.1, 0.15) is 11.9 Å². The first-order chi connectivity index (χ1) is 17.2. The van der Waals surface area contributed by atoms with E-state index in [0.29, 0.717) is 31.1 Å². The Kier molecular flexibility index (Phi) is 10.4. The van der Waals surface area contributed by atoms with Gasteiger partial charge in [0.2, 0.25) is 5.91 Å². The average molecular weight is 574 g/mol. The largest absolute Gasteiger partial charge is 0.490 e. The average Bonchev–Trinajstić information content (AvgIpc) is 3.36. The number of halogens is 7. The van der Waals surface area contributed by atoms with Crippen LogP contribution in [0.5, 0.6) is 0 Å². The minimum Gasteiger partial charge on any atom is -0.475 e. The molecule has 0 radical (unpaired) electrons. The van der Waals surface area contributed by atoms with Crippen molar-refractivity contribution in [3.8, 4) is 0 Å². The number of nitrogens with zero attached hydrogens (tertiary/aromatic N) is 2. The Hall–Kier alpha value is -2.84. The summed E-state index contributed by atoms with van der Waals surface area (Å²) in [4.78, 5) is 38.6. The highest BCUT2D eigenvalue weighted by Gasteiger charge is 2.40. The van der Waals surface area contributed by atoms with Gasteiger partial charge in [0.15, 0.2) is 0 Å². The maximum atomic E-state index is 13.5. The van der Waals surface area contributed by atoms with Crippen LogP contribution in [0.4, 0.5) is 32.0 Å². The fourth-order valence-electron chi connectivity index (χ4n) is 3.54. The number of nitrogens with one attached hydrogen (secondary N) is 1. The lowest BCUT2D eigenvalue weighted by Crippen LogP contribution is -2.52. The van der Waals surface area contributed by atoms with Gasteiger partial charge in [-0.3, -0.25) is 14.5 Å². The normalized spacial score (nSPS) is 14.9. The third kappa shape index (κ3) is 7.82. The number of carbonyl (C=O) groups excluding carboxylic acids is 2. The molecule has 0 bridgehead atoms. The third-order valence-electron chi connectivity index (χ3n) is 5.23. The predicted molar refractivity (Wildman–Crippen MR) is 125 cm³/mol. The van der Waals surface area contributed by atoms with E-state index >= 15 is 0 Å². The van der Waals surface area contributed by atoms with Crippen molar-refractivity contribution < 1.29 is 45.8 Å². The molecule has 3 rings (SSSR count). The molecule has 2 amide bonds. The Morgan fingerprint density at radius 3 is 2.16 bits per heavy atom. The van der Waals surface area contributed by atoms with Crippen LogP contribution in [0.1, 0.15) is 22.0 Å². The van der Waals surface area contributed by atoms with Crippen molar-refractivity contribution >= 4 is 46.4 Å². The van der Waals surface area contributed by atoms with Gasteiger partial charge in [0, 0.05) is 36.7 Å². The van der Waals surface area contributed by atoms with Crippen molar-refractivity contribution in [1.82, 2.24) is 10.2 Å². The van der Waals surface area contributed by atoms with Crippen molar-refractivity contribution in [3.63, 3.8) is 0 Å². The Bertz CT molecular complexity index is 1090. The lowest BCUT2D eigenvalue weighted by molar-refractivity contribution is -0.192. The first-order valence-electron chi connectivity index (χ1n) is 10.6. The number of aliphatic carboxylic acids is 1. The van der Waals surface area contributed by atoms with Crippen LogP contribution in [0.3, 0.4) is 0 Å². The van der Waals surface area contributed by atoms with Crippen LogP contribution in [0.25, 0.3) is 0 Å². The molecule has 2 heterocycles. The molecule has 204 valence electrons. The van der Waals surface area contributed by atoms with Crippen LogP contribution < -0.4 is 10.2 Å². The molecule has 0 aliphatic carbocycles. The fourth-order valence-corrected chi connectivity index (χ4v) is 4.47. The van der Waals surface area contributed by atoms with Gasteiger partial charge in [0.05, 0.1) is 5.56 Å². The molecule has 2 aromatic rings. The molecule has 0 spiro atoms. The maximum Gasteiger partial charge on any atom is 0.490 e. The quantitative estimate of drug-likeness (QED) is 0.407. The number of amides is 2. The first kappa shape index (κ1) is 30.4. The van der Waals surface area contributed by atoms with E-state index in [0.717, 1.165) is 11.0 Å². The van der Waals surface area contributed by atoms with Crippen molar-refractivity contribution in [3.05, 3.63) is 51.7 Å². The summed E-state index contributed by atoms with van der Waals surface area (Å²) in [5.41, 5.74) is -0.956. The molecule has 1 fully saturated rings. The van der Waals surface area contributed by atoms with Gasteiger partial charge in [-0.25, -0.2) is 4.79 Å².